The summed E-state index contributed by atoms with van der Waals surface area (Å²) < 4.78 is 0. The van der Waals surface area contributed by atoms with E-state index in [0.717, 1.165) is 19.6 Å². The first kappa shape index (κ1) is 16.5. The van der Waals surface area contributed by atoms with Crippen LogP contribution in [-0.2, 0) is 0 Å². The van der Waals surface area contributed by atoms with E-state index in [9.17, 15) is 14.9 Å². The van der Waals surface area contributed by atoms with Crippen molar-refractivity contribution in [1.82, 2.24) is 4.90 Å². The number of rotatable bonds is 8. The van der Waals surface area contributed by atoms with Gasteiger partial charge in [-0.1, -0.05) is 19.9 Å². The first-order chi connectivity index (χ1) is 9.51. The number of hydrogen-bond acceptors (Lipinski definition) is 5. The van der Waals surface area contributed by atoms with Gasteiger partial charge >= 0.3 is 5.97 Å². The van der Waals surface area contributed by atoms with Crippen molar-refractivity contribution in [3.05, 3.63) is 33.9 Å². The van der Waals surface area contributed by atoms with Gasteiger partial charge in [-0.15, -0.1) is 11.8 Å². The van der Waals surface area contributed by atoms with E-state index in [0.29, 0.717) is 10.6 Å². The number of thioether (sulfide) groups is 1. The van der Waals surface area contributed by atoms with Crippen LogP contribution in [0.5, 0.6) is 0 Å². The Morgan fingerprint density at radius 1 is 1.40 bits per heavy atom. The van der Waals surface area contributed by atoms with Gasteiger partial charge in [0.2, 0.25) is 0 Å². The SMILES string of the molecule is CCN(CC)CCSc1cccc(C(=O)O)c1[N+](=O)[O-]. The Hall–Kier alpha value is -1.60. The van der Waals surface area contributed by atoms with E-state index in [1.165, 1.54) is 23.9 Å². The fraction of sp³-hybridized carbons (Fsp3) is 0.462. The third kappa shape index (κ3) is 4.21. The fourth-order valence-electron chi connectivity index (χ4n) is 1.82. The van der Waals surface area contributed by atoms with Crippen molar-refractivity contribution in [3.63, 3.8) is 0 Å². The molecular formula is C13H18N2O4S. The van der Waals surface area contributed by atoms with E-state index in [-0.39, 0.29) is 11.3 Å². The van der Waals surface area contributed by atoms with Crippen molar-refractivity contribution in [2.45, 2.75) is 18.7 Å². The molecule has 0 aromatic heterocycles. The Balaban J connectivity index is 2.87. The Morgan fingerprint density at radius 2 is 2.05 bits per heavy atom. The largest absolute Gasteiger partial charge is 0.477 e. The van der Waals surface area contributed by atoms with E-state index in [2.05, 4.69) is 18.7 Å². The molecule has 6 nitrogen and oxygen atoms in total. The molecule has 0 aliphatic rings. The van der Waals surface area contributed by atoms with Crippen molar-refractivity contribution < 1.29 is 14.8 Å². The summed E-state index contributed by atoms with van der Waals surface area (Å²) in [5.41, 5.74) is -0.576. The maximum atomic E-state index is 11.1. The topological polar surface area (TPSA) is 83.7 Å². The van der Waals surface area contributed by atoms with Crippen molar-refractivity contribution >= 4 is 23.4 Å². The van der Waals surface area contributed by atoms with Crippen LogP contribution in [0, 0.1) is 10.1 Å². The zero-order valence-corrected chi connectivity index (χ0v) is 12.4. The van der Waals surface area contributed by atoms with E-state index < -0.39 is 10.9 Å². The molecule has 1 aromatic carbocycles. The highest BCUT2D eigenvalue weighted by molar-refractivity contribution is 7.99. The summed E-state index contributed by atoms with van der Waals surface area (Å²) >= 11 is 1.32. The number of carboxylic acid groups (broad SMARTS) is 1. The Bertz CT molecular complexity index is 489. The predicted octanol–water partition coefficient (Wildman–Crippen LogP) is 2.73. The number of aromatic carboxylic acids is 1. The molecule has 0 amide bonds. The summed E-state index contributed by atoms with van der Waals surface area (Å²) in [6.07, 6.45) is 0. The maximum absolute atomic E-state index is 11.1. The van der Waals surface area contributed by atoms with E-state index in [4.69, 9.17) is 5.11 Å². The van der Waals surface area contributed by atoms with Crippen molar-refractivity contribution in [2.24, 2.45) is 0 Å². The minimum Gasteiger partial charge on any atom is -0.477 e. The molecule has 0 unspecified atom stereocenters. The number of para-hydroxylation sites is 1. The van der Waals surface area contributed by atoms with Gasteiger partial charge in [-0.25, -0.2) is 4.79 Å². The molecule has 0 saturated carbocycles. The van der Waals surface area contributed by atoms with E-state index in [1.807, 2.05) is 0 Å². The maximum Gasteiger partial charge on any atom is 0.342 e. The molecule has 0 atom stereocenters. The van der Waals surface area contributed by atoms with Gasteiger partial charge in [-0.2, -0.15) is 0 Å². The molecule has 0 saturated heterocycles. The number of benzene rings is 1. The Kier molecular flexibility index (Phi) is 6.47. The van der Waals surface area contributed by atoms with Gasteiger partial charge in [-0.05, 0) is 25.2 Å². The van der Waals surface area contributed by atoms with Crippen molar-refractivity contribution in [2.75, 3.05) is 25.4 Å². The molecule has 1 rings (SSSR count). The third-order valence-corrected chi connectivity index (χ3v) is 4.00. The molecule has 0 spiro atoms. The molecule has 0 aliphatic heterocycles. The van der Waals surface area contributed by atoms with E-state index in [1.54, 1.807) is 6.07 Å². The molecule has 7 heteroatoms. The summed E-state index contributed by atoms with van der Waals surface area (Å²) in [7, 11) is 0. The molecule has 20 heavy (non-hydrogen) atoms. The molecule has 1 aromatic rings. The second-order valence-corrected chi connectivity index (χ2v) is 5.23. The molecule has 0 radical (unpaired) electrons. The van der Waals surface area contributed by atoms with Crippen LogP contribution in [0.2, 0.25) is 0 Å². The molecule has 0 fully saturated rings. The van der Waals surface area contributed by atoms with E-state index >= 15 is 0 Å². The van der Waals surface area contributed by atoms with Crippen LogP contribution in [-0.4, -0.2) is 46.3 Å². The van der Waals surface area contributed by atoms with Gasteiger partial charge in [0.1, 0.15) is 5.56 Å². The first-order valence-corrected chi connectivity index (χ1v) is 7.35. The zero-order valence-electron chi connectivity index (χ0n) is 11.5. The highest BCUT2D eigenvalue weighted by atomic mass is 32.2. The average molecular weight is 298 g/mol. The molecular weight excluding hydrogens is 280 g/mol. The third-order valence-electron chi connectivity index (χ3n) is 2.97. The highest BCUT2D eigenvalue weighted by Gasteiger charge is 2.24. The Labute approximate surface area is 121 Å². The lowest BCUT2D eigenvalue weighted by atomic mass is 10.2. The summed E-state index contributed by atoms with van der Waals surface area (Å²) in [6.45, 7) is 6.78. The summed E-state index contributed by atoms with van der Waals surface area (Å²) in [5, 5.41) is 20.1. The van der Waals surface area contributed by atoms with Crippen LogP contribution in [0.3, 0.4) is 0 Å². The summed E-state index contributed by atoms with van der Waals surface area (Å²) in [6, 6.07) is 4.39. The number of nitro benzene ring substituents is 1. The van der Waals surface area contributed by atoms with Crippen molar-refractivity contribution in [1.29, 1.82) is 0 Å². The van der Waals surface area contributed by atoms with Crippen LogP contribution < -0.4 is 0 Å². The lowest BCUT2D eigenvalue weighted by Crippen LogP contribution is -2.25. The van der Waals surface area contributed by atoms with Crippen molar-refractivity contribution in [3.8, 4) is 0 Å². The minimum absolute atomic E-state index is 0.261. The predicted molar refractivity (Wildman–Crippen MR) is 78.6 cm³/mol. The lowest BCUT2D eigenvalue weighted by molar-refractivity contribution is -0.388. The van der Waals surface area contributed by atoms with Crippen LogP contribution in [0.4, 0.5) is 5.69 Å². The van der Waals surface area contributed by atoms with Gasteiger partial charge in [0, 0.05) is 12.3 Å². The highest BCUT2D eigenvalue weighted by Crippen LogP contribution is 2.32. The lowest BCUT2D eigenvalue weighted by Gasteiger charge is -2.17. The molecule has 1 N–H and O–H groups in total. The van der Waals surface area contributed by atoms with Crippen LogP contribution in [0.1, 0.15) is 24.2 Å². The van der Waals surface area contributed by atoms with Crippen LogP contribution >= 0.6 is 11.8 Å². The Morgan fingerprint density at radius 3 is 2.55 bits per heavy atom. The molecule has 0 heterocycles. The van der Waals surface area contributed by atoms with Gasteiger partial charge in [0.25, 0.3) is 5.69 Å². The summed E-state index contributed by atoms with van der Waals surface area (Å²) in [5.74, 6) is -0.589. The van der Waals surface area contributed by atoms with Gasteiger partial charge < -0.3 is 10.0 Å². The van der Waals surface area contributed by atoms with Crippen LogP contribution in [0.15, 0.2) is 23.1 Å². The fourth-order valence-corrected chi connectivity index (χ4v) is 2.89. The monoisotopic (exact) mass is 298 g/mol. The average Bonchev–Trinajstić information content (AvgIpc) is 2.43. The van der Waals surface area contributed by atoms with Gasteiger partial charge in [-0.3, -0.25) is 10.1 Å². The minimum atomic E-state index is -1.28. The number of nitro groups is 1. The molecule has 110 valence electrons. The number of carbonyl (C=O) groups is 1. The second-order valence-electron chi connectivity index (χ2n) is 4.09. The first-order valence-electron chi connectivity index (χ1n) is 6.37. The van der Waals surface area contributed by atoms with Crippen LogP contribution in [0.25, 0.3) is 0 Å². The normalized spacial score (nSPS) is 10.8. The molecule has 0 bridgehead atoms. The van der Waals surface area contributed by atoms with Gasteiger partial charge in [0.15, 0.2) is 0 Å². The number of nitrogens with zero attached hydrogens (tertiary/aromatic N) is 2. The number of hydrogen-bond donors (Lipinski definition) is 1. The van der Waals surface area contributed by atoms with Gasteiger partial charge in [0.05, 0.1) is 9.82 Å². The smallest absolute Gasteiger partial charge is 0.342 e. The number of carboxylic acids is 1. The standard InChI is InChI=1S/C13H18N2O4S/c1-3-14(4-2)8-9-20-11-7-5-6-10(13(16)17)12(11)15(18)19/h5-7H,3-4,8-9H2,1-2H3,(H,16,17). The quantitative estimate of drug-likeness (QED) is 0.451. The second kappa shape index (κ2) is 7.86. The summed E-state index contributed by atoms with van der Waals surface area (Å²) in [4.78, 5) is 24.1. The molecule has 0 aliphatic carbocycles. The zero-order chi connectivity index (χ0) is 15.1.